The van der Waals surface area contributed by atoms with Gasteiger partial charge in [-0.25, -0.2) is 4.39 Å². The number of carbonyl (C=O) groups excluding carboxylic acids is 1. The van der Waals surface area contributed by atoms with E-state index in [4.69, 9.17) is 9.47 Å². The normalized spacial score (nSPS) is 11.0. The zero-order valence-electron chi connectivity index (χ0n) is 15.5. The first-order valence-corrected chi connectivity index (χ1v) is 8.41. The molecule has 0 atom stereocenters. The molecule has 5 nitrogen and oxygen atoms in total. The standard InChI is InChI=1S/C21H21FN2O3/c1-14(2)24-21(25)17(12-23)10-16-6-9-19(20(11-16)26-3)27-13-15-4-7-18(22)8-5-15/h4-11,14H,13H2,1-3H3,(H,24,25)/b17-10-. The minimum absolute atomic E-state index is 0.00531. The van der Waals surface area contributed by atoms with Crippen molar-refractivity contribution >= 4 is 12.0 Å². The predicted molar refractivity (Wildman–Crippen MR) is 101 cm³/mol. The second-order valence-corrected chi connectivity index (χ2v) is 6.12. The third-order valence-corrected chi connectivity index (χ3v) is 3.59. The van der Waals surface area contributed by atoms with Crippen molar-refractivity contribution in [3.8, 4) is 17.6 Å². The Morgan fingerprint density at radius 3 is 2.52 bits per heavy atom. The summed E-state index contributed by atoms with van der Waals surface area (Å²) in [5, 5.41) is 11.9. The van der Waals surface area contributed by atoms with Crippen molar-refractivity contribution in [3.63, 3.8) is 0 Å². The highest BCUT2D eigenvalue weighted by atomic mass is 19.1. The molecule has 0 bridgehead atoms. The summed E-state index contributed by atoms with van der Waals surface area (Å²) in [5.74, 6) is 0.238. The molecule has 1 amide bonds. The molecule has 0 aliphatic heterocycles. The van der Waals surface area contributed by atoms with Crippen LogP contribution in [0.25, 0.3) is 6.08 Å². The van der Waals surface area contributed by atoms with Gasteiger partial charge in [-0.15, -0.1) is 0 Å². The maximum Gasteiger partial charge on any atom is 0.262 e. The van der Waals surface area contributed by atoms with Crippen LogP contribution in [-0.2, 0) is 11.4 Å². The van der Waals surface area contributed by atoms with Crippen LogP contribution in [0.3, 0.4) is 0 Å². The SMILES string of the molecule is COc1cc(/C=C(/C#N)C(=O)NC(C)C)ccc1OCc1ccc(F)cc1. The minimum Gasteiger partial charge on any atom is -0.493 e. The first kappa shape index (κ1) is 20.0. The zero-order valence-corrected chi connectivity index (χ0v) is 15.5. The fraction of sp³-hybridized carbons (Fsp3) is 0.238. The summed E-state index contributed by atoms with van der Waals surface area (Å²) in [6.07, 6.45) is 1.49. The Labute approximate surface area is 158 Å². The third-order valence-electron chi connectivity index (χ3n) is 3.59. The molecular formula is C21H21FN2O3. The van der Waals surface area contributed by atoms with Crippen LogP contribution in [0.4, 0.5) is 4.39 Å². The molecule has 6 heteroatoms. The van der Waals surface area contributed by atoms with E-state index in [0.717, 1.165) is 5.56 Å². The summed E-state index contributed by atoms with van der Waals surface area (Å²) >= 11 is 0. The number of nitriles is 1. The molecule has 0 aliphatic rings. The first-order chi connectivity index (χ1) is 12.9. The van der Waals surface area contributed by atoms with Crippen molar-refractivity contribution in [3.05, 3.63) is 65.0 Å². The number of hydrogen-bond acceptors (Lipinski definition) is 4. The highest BCUT2D eigenvalue weighted by molar-refractivity contribution is 6.01. The second-order valence-electron chi connectivity index (χ2n) is 6.12. The average molecular weight is 368 g/mol. The highest BCUT2D eigenvalue weighted by Gasteiger charge is 2.11. The molecule has 0 unspecified atom stereocenters. The van der Waals surface area contributed by atoms with E-state index < -0.39 is 5.91 Å². The van der Waals surface area contributed by atoms with Gasteiger partial charge in [-0.05, 0) is 55.3 Å². The van der Waals surface area contributed by atoms with Gasteiger partial charge in [-0.1, -0.05) is 18.2 Å². The van der Waals surface area contributed by atoms with Crippen LogP contribution in [0.15, 0.2) is 48.0 Å². The minimum atomic E-state index is -0.428. The van der Waals surface area contributed by atoms with Gasteiger partial charge in [0.05, 0.1) is 7.11 Å². The van der Waals surface area contributed by atoms with Gasteiger partial charge in [-0.3, -0.25) is 4.79 Å². The fourth-order valence-corrected chi connectivity index (χ4v) is 2.29. The molecule has 2 aromatic carbocycles. The molecule has 0 saturated heterocycles. The van der Waals surface area contributed by atoms with Crippen LogP contribution >= 0.6 is 0 Å². The molecule has 140 valence electrons. The van der Waals surface area contributed by atoms with E-state index in [9.17, 15) is 14.4 Å². The van der Waals surface area contributed by atoms with Crippen molar-refractivity contribution < 1.29 is 18.7 Å². The van der Waals surface area contributed by atoms with E-state index in [1.165, 1.54) is 25.3 Å². The number of amides is 1. The van der Waals surface area contributed by atoms with E-state index in [0.29, 0.717) is 17.1 Å². The summed E-state index contributed by atoms with van der Waals surface area (Å²) in [6, 6.07) is 13.0. The van der Waals surface area contributed by atoms with Crippen LogP contribution in [0.5, 0.6) is 11.5 Å². The lowest BCUT2D eigenvalue weighted by Gasteiger charge is -2.12. The van der Waals surface area contributed by atoms with Crippen LogP contribution in [-0.4, -0.2) is 19.1 Å². The Balaban J connectivity index is 2.17. The van der Waals surface area contributed by atoms with Crippen LogP contribution in [0.1, 0.15) is 25.0 Å². The van der Waals surface area contributed by atoms with E-state index in [2.05, 4.69) is 5.32 Å². The highest BCUT2D eigenvalue weighted by Crippen LogP contribution is 2.29. The molecule has 0 fully saturated rings. The van der Waals surface area contributed by atoms with Crippen molar-refractivity contribution in [2.75, 3.05) is 7.11 Å². The smallest absolute Gasteiger partial charge is 0.262 e. The molecule has 0 saturated carbocycles. The topological polar surface area (TPSA) is 71.3 Å². The molecule has 2 aromatic rings. The molecule has 2 rings (SSSR count). The largest absolute Gasteiger partial charge is 0.493 e. The maximum atomic E-state index is 13.0. The van der Waals surface area contributed by atoms with Crippen molar-refractivity contribution in [2.45, 2.75) is 26.5 Å². The molecule has 1 N–H and O–H groups in total. The number of nitrogens with one attached hydrogen (secondary N) is 1. The Morgan fingerprint density at radius 2 is 1.93 bits per heavy atom. The lowest BCUT2D eigenvalue weighted by Crippen LogP contribution is -2.30. The van der Waals surface area contributed by atoms with Crippen LogP contribution < -0.4 is 14.8 Å². The average Bonchev–Trinajstić information content (AvgIpc) is 2.65. The molecule has 0 aromatic heterocycles. The van der Waals surface area contributed by atoms with Crippen LogP contribution in [0, 0.1) is 17.1 Å². The molecule has 0 radical (unpaired) electrons. The van der Waals surface area contributed by atoms with Gasteiger partial charge in [0.2, 0.25) is 0 Å². The Hall–Kier alpha value is -3.33. The fourth-order valence-electron chi connectivity index (χ4n) is 2.29. The molecule has 0 aliphatic carbocycles. The number of halogens is 1. The number of carbonyl (C=O) groups is 1. The molecule has 0 heterocycles. The molecule has 0 spiro atoms. The van der Waals surface area contributed by atoms with Gasteiger partial charge in [0, 0.05) is 6.04 Å². The van der Waals surface area contributed by atoms with Gasteiger partial charge in [0.25, 0.3) is 5.91 Å². The van der Waals surface area contributed by atoms with E-state index in [1.54, 1.807) is 30.3 Å². The number of benzene rings is 2. The van der Waals surface area contributed by atoms with Gasteiger partial charge in [-0.2, -0.15) is 5.26 Å². The summed E-state index contributed by atoms with van der Waals surface area (Å²) in [7, 11) is 1.50. The van der Waals surface area contributed by atoms with Gasteiger partial charge in [0.1, 0.15) is 24.1 Å². The van der Waals surface area contributed by atoms with Gasteiger partial charge in [0.15, 0.2) is 11.5 Å². The number of hydrogen-bond donors (Lipinski definition) is 1. The summed E-state index contributed by atoms with van der Waals surface area (Å²) in [5.41, 5.74) is 1.46. The van der Waals surface area contributed by atoms with Crippen molar-refractivity contribution in [1.82, 2.24) is 5.32 Å². The summed E-state index contributed by atoms with van der Waals surface area (Å²) in [6.45, 7) is 3.90. The van der Waals surface area contributed by atoms with E-state index in [1.807, 2.05) is 19.9 Å². The van der Waals surface area contributed by atoms with E-state index in [-0.39, 0.29) is 24.0 Å². The lowest BCUT2D eigenvalue weighted by molar-refractivity contribution is -0.117. The number of rotatable bonds is 7. The second kappa shape index (κ2) is 9.39. The molecule has 27 heavy (non-hydrogen) atoms. The van der Waals surface area contributed by atoms with Crippen molar-refractivity contribution in [1.29, 1.82) is 5.26 Å². The maximum absolute atomic E-state index is 13.0. The van der Waals surface area contributed by atoms with Gasteiger partial charge >= 0.3 is 0 Å². The quantitative estimate of drug-likeness (QED) is 0.595. The summed E-state index contributed by atoms with van der Waals surface area (Å²) in [4.78, 5) is 12.0. The number of nitrogens with zero attached hydrogens (tertiary/aromatic N) is 1. The third kappa shape index (κ3) is 5.86. The molecular weight excluding hydrogens is 347 g/mol. The van der Waals surface area contributed by atoms with Crippen molar-refractivity contribution in [2.24, 2.45) is 0 Å². The summed E-state index contributed by atoms with van der Waals surface area (Å²) < 4.78 is 24.0. The zero-order chi connectivity index (χ0) is 19.8. The number of ether oxygens (including phenoxy) is 2. The van der Waals surface area contributed by atoms with Crippen LogP contribution in [0.2, 0.25) is 0 Å². The Bertz CT molecular complexity index is 868. The lowest BCUT2D eigenvalue weighted by atomic mass is 10.1. The first-order valence-electron chi connectivity index (χ1n) is 8.41. The van der Waals surface area contributed by atoms with Gasteiger partial charge < -0.3 is 14.8 Å². The predicted octanol–water partition coefficient (Wildman–Crippen LogP) is 3.84. The Morgan fingerprint density at radius 1 is 1.22 bits per heavy atom. The van der Waals surface area contributed by atoms with E-state index >= 15 is 0 Å². The Kier molecular flexibility index (Phi) is 6.95. The monoisotopic (exact) mass is 368 g/mol. The number of methoxy groups -OCH3 is 1.